The van der Waals surface area contributed by atoms with Crippen molar-refractivity contribution in [3.05, 3.63) is 55.6 Å². The average molecular weight is 465 g/mol. The number of thiazole rings is 1. The quantitative estimate of drug-likeness (QED) is 0.587. The van der Waals surface area contributed by atoms with Gasteiger partial charge in [0.15, 0.2) is 12.4 Å². The number of aryl methyl sites for hydroxylation is 1. The van der Waals surface area contributed by atoms with Crippen LogP contribution in [0, 0.1) is 6.92 Å². The highest BCUT2D eigenvalue weighted by Crippen LogP contribution is 2.42. The number of nitrogens with zero attached hydrogens (tertiary/aromatic N) is 2. The van der Waals surface area contributed by atoms with Crippen molar-refractivity contribution in [2.24, 2.45) is 0 Å². The number of benzene rings is 1. The molecular weight excluding hydrogens is 440 g/mol. The molecule has 0 bridgehead atoms. The average Bonchev–Trinajstić information content (AvgIpc) is 3.08. The Morgan fingerprint density at radius 3 is 2.65 bits per heavy atom. The summed E-state index contributed by atoms with van der Waals surface area (Å²) in [7, 11) is 1.55. The molecule has 1 heterocycles. The molecular formula is C22H25ClN2O5S. The summed E-state index contributed by atoms with van der Waals surface area (Å²) in [6.45, 7) is 1.50. The van der Waals surface area contributed by atoms with Gasteiger partial charge in [-0.3, -0.25) is 19.2 Å². The maximum atomic E-state index is 13.1. The van der Waals surface area contributed by atoms with E-state index in [1.807, 2.05) is 0 Å². The predicted octanol–water partition coefficient (Wildman–Crippen LogP) is 3.30. The number of ether oxygens (including phenoxy) is 1. The van der Waals surface area contributed by atoms with Gasteiger partial charge in [-0.15, -0.1) is 0 Å². The number of amides is 1. The number of carbonyl (C=O) groups is 3. The summed E-state index contributed by atoms with van der Waals surface area (Å²) in [5.74, 6) is -1.13. The number of esters is 1. The zero-order valence-corrected chi connectivity index (χ0v) is 19.1. The molecule has 1 aromatic heterocycles. The Morgan fingerprint density at radius 1 is 1.26 bits per heavy atom. The maximum Gasteiger partial charge on any atom is 0.308 e. The predicted molar refractivity (Wildman–Crippen MR) is 118 cm³/mol. The number of Topliss-reactive ketones (excluding diaryl/α,β-unsaturated/α-hetero) is 1. The Kier molecular flexibility index (Phi) is 7.33. The minimum atomic E-state index is -1.17. The van der Waals surface area contributed by atoms with Crippen LogP contribution in [0.25, 0.3) is 0 Å². The lowest BCUT2D eigenvalue weighted by Gasteiger charge is -2.43. The van der Waals surface area contributed by atoms with Crippen molar-refractivity contribution in [1.82, 2.24) is 9.47 Å². The van der Waals surface area contributed by atoms with Crippen molar-refractivity contribution in [2.45, 2.75) is 51.1 Å². The third-order valence-electron chi connectivity index (χ3n) is 5.79. The van der Waals surface area contributed by atoms with Gasteiger partial charge in [0.2, 0.25) is 0 Å². The van der Waals surface area contributed by atoms with Crippen LogP contribution in [0.5, 0.6) is 0 Å². The summed E-state index contributed by atoms with van der Waals surface area (Å²) in [5.41, 5.74) is 0.202. The van der Waals surface area contributed by atoms with Gasteiger partial charge in [-0.05, 0) is 32.3 Å². The van der Waals surface area contributed by atoms with E-state index in [9.17, 15) is 19.2 Å². The van der Waals surface area contributed by atoms with Crippen LogP contribution in [0.4, 0.5) is 0 Å². The Balaban J connectivity index is 1.69. The minimum Gasteiger partial charge on any atom is -0.456 e. The molecule has 0 aliphatic heterocycles. The molecule has 3 rings (SSSR count). The smallest absolute Gasteiger partial charge is 0.308 e. The Labute approximate surface area is 189 Å². The van der Waals surface area contributed by atoms with Crippen LogP contribution in [0.3, 0.4) is 0 Å². The first-order chi connectivity index (χ1) is 14.8. The first-order valence-electron chi connectivity index (χ1n) is 10.1. The fraction of sp³-hybridized carbons (Fsp3) is 0.455. The topological polar surface area (TPSA) is 85.7 Å². The molecule has 1 aliphatic carbocycles. The number of ketones is 1. The van der Waals surface area contributed by atoms with Crippen LogP contribution in [0.1, 0.15) is 43.4 Å². The van der Waals surface area contributed by atoms with E-state index in [0.29, 0.717) is 23.4 Å². The lowest BCUT2D eigenvalue weighted by Crippen LogP contribution is -2.55. The highest BCUT2D eigenvalue weighted by Gasteiger charge is 2.47. The highest BCUT2D eigenvalue weighted by atomic mass is 35.5. The fourth-order valence-corrected chi connectivity index (χ4v) is 5.08. The monoisotopic (exact) mass is 464 g/mol. The number of halogens is 1. The maximum absolute atomic E-state index is 13.1. The number of likely N-dealkylation sites (N-methyl/N-ethyl adjacent to an activating group) is 1. The largest absolute Gasteiger partial charge is 0.456 e. The first kappa shape index (κ1) is 23.2. The number of hydrogen-bond donors (Lipinski definition) is 0. The molecule has 0 radical (unpaired) electrons. The van der Waals surface area contributed by atoms with Crippen LogP contribution >= 0.6 is 22.9 Å². The van der Waals surface area contributed by atoms with Gasteiger partial charge in [0.25, 0.3) is 5.91 Å². The summed E-state index contributed by atoms with van der Waals surface area (Å²) < 4.78 is 6.65. The second kappa shape index (κ2) is 9.78. The van der Waals surface area contributed by atoms with E-state index >= 15 is 0 Å². The van der Waals surface area contributed by atoms with E-state index in [4.69, 9.17) is 16.3 Å². The molecule has 2 aromatic rings. The van der Waals surface area contributed by atoms with E-state index in [0.717, 1.165) is 29.9 Å². The number of hydrogen-bond acceptors (Lipinski definition) is 6. The molecule has 1 amide bonds. The molecule has 31 heavy (non-hydrogen) atoms. The number of aromatic nitrogens is 1. The normalized spacial score (nSPS) is 18.6. The molecule has 7 nitrogen and oxygen atoms in total. The summed E-state index contributed by atoms with van der Waals surface area (Å²) in [5, 5.41) is 2.15. The van der Waals surface area contributed by atoms with E-state index in [2.05, 4.69) is 0 Å². The van der Waals surface area contributed by atoms with Crippen molar-refractivity contribution < 1.29 is 19.1 Å². The number of rotatable bonds is 7. The van der Waals surface area contributed by atoms with E-state index in [-0.39, 0.29) is 23.6 Å². The van der Waals surface area contributed by atoms with E-state index in [1.165, 1.54) is 9.47 Å². The summed E-state index contributed by atoms with van der Waals surface area (Å²) >= 11 is 7.47. The fourth-order valence-electron chi connectivity index (χ4n) is 4.03. The molecule has 0 saturated heterocycles. The molecule has 1 fully saturated rings. The molecule has 1 aliphatic rings. The molecule has 0 N–H and O–H groups in total. The molecule has 1 saturated carbocycles. The van der Waals surface area contributed by atoms with E-state index in [1.54, 1.807) is 43.6 Å². The molecule has 9 heteroatoms. The Bertz CT molecular complexity index is 1050. The molecule has 1 aromatic carbocycles. The summed E-state index contributed by atoms with van der Waals surface area (Å²) in [6, 6.07) is 7.03. The second-order valence-corrected chi connectivity index (χ2v) is 8.86. The SMILES string of the molecule is Cc1csc(=O)n1CCC(=O)OCC(=O)N(C)C1(c2ccccc2Cl)CCCCC1=O. The van der Waals surface area contributed by atoms with Crippen LogP contribution in [-0.4, -0.2) is 40.8 Å². The van der Waals surface area contributed by atoms with Crippen molar-refractivity contribution in [3.8, 4) is 0 Å². The van der Waals surface area contributed by atoms with Gasteiger partial charge in [-0.25, -0.2) is 0 Å². The lowest BCUT2D eigenvalue weighted by atomic mass is 9.74. The third-order valence-corrected chi connectivity index (χ3v) is 7.00. The van der Waals surface area contributed by atoms with Gasteiger partial charge >= 0.3 is 10.8 Å². The van der Waals surface area contributed by atoms with Gasteiger partial charge in [-0.2, -0.15) is 0 Å². The Morgan fingerprint density at radius 2 is 2.00 bits per heavy atom. The molecule has 1 atom stereocenters. The molecule has 0 spiro atoms. The van der Waals surface area contributed by atoms with E-state index < -0.39 is 24.0 Å². The van der Waals surface area contributed by atoms with Gasteiger partial charge in [-0.1, -0.05) is 41.1 Å². The number of carbonyl (C=O) groups excluding carboxylic acids is 3. The first-order valence-corrected chi connectivity index (χ1v) is 11.4. The minimum absolute atomic E-state index is 0.0247. The van der Waals surface area contributed by atoms with Crippen LogP contribution < -0.4 is 4.87 Å². The van der Waals surface area contributed by atoms with Gasteiger partial charge in [0.05, 0.1) is 6.42 Å². The zero-order chi connectivity index (χ0) is 22.6. The third kappa shape index (κ3) is 4.75. The van der Waals surface area contributed by atoms with Crippen molar-refractivity contribution in [3.63, 3.8) is 0 Å². The second-order valence-electron chi connectivity index (χ2n) is 7.63. The zero-order valence-electron chi connectivity index (χ0n) is 17.6. The van der Waals surface area contributed by atoms with Crippen molar-refractivity contribution in [1.29, 1.82) is 0 Å². The van der Waals surface area contributed by atoms with Gasteiger partial charge in [0, 0.05) is 41.7 Å². The van der Waals surface area contributed by atoms with Crippen LogP contribution in [0.2, 0.25) is 5.02 Å². The lowest BCUT2D eigenvalue weighted by molar-refractivity contribution is -0.157. The highest BCUT2D eigenvalue weighted by molar-refractivity contribution is 7.07. The van der Waals surface area contributed by atoms with Crippen LogP contribution in [0.15, 0.2) is 34.4 Å². The molecule has 1 unspecified atom stereocenters. The van der Waals surface area contributed by atoms with Crippen molar-refractivity contribution in [2.75, 3.05) is 13.7 Å². The van der Waals surface area contributed by atoms with Gasteiger partial charge in [0.1, 0.15) is 5.54 Å². The Hall–Kier alpha value is -2.45. The van der Waals surface area contributed by atoms with Crippen LogP contribution in [-0.2, 0) is 31.2 Å². The van der Waals surface area contributed by atoms with Gasteiger partial charge < -0.3 is 14.2 Å². The summed E-state index contributed by atoms with van der Waals surface area (Å²) in [4.78, 5) is 51.1. The summed E-state index contributed by atoms with van der Waals surface area (Å²) in [6.07, 6.45) is 2.35. The molecule has 166 valence electrons. The van der Waals surface area contributed by atoms with Crippen molar-refractivity contribution >= 4 is 40.6 Å². The standard InChI is InChI=1S/C22H25ClN2O5S/c1-15-14-31-21(29)25(15)12-10-20(28)30-13-19(27)24(2)22(11-6-5-9-18(22)26)16-7-3-4-8-17(16)23/h3-4,7-8,14H,5-6,9-13H2,1-2H3.